The minimum Gasteiger partial charge on any atom is -0.488 e. The summed E-state index contributed by atoms with van der Waals surface area (Å²) in [5, 5.41) is 3.02. The molecule has 1 aliphatic rings. The van der Waals surface area contributed by atoms with Crippen molar-refractivity contribution in [3.8, 4) is 11.6 Å². The van der Waals surface area contributed by atoms with E-state index in [1.54, 1.807) is 37.4 Å². The Bertz CT molecular complexity index is 1150. The molecule has 0 spiro atoms. The van der Waals surface area contributed by atoms with Gasteiger partial charge in [0.25, 0.3) is 11.8 Å². The van der Waals surface area contributed by atoms with Crippen LogP contribution in [0.2, 0.25) is 0 Å². The van der Waals surface area contributed by atoms with Crippen molar-refractivity contribution in [3.05, 3.63) is 52.9 Å². The molecule has 1 aromatic carbocycles. The van der Waals surface area contributed by atoms with Crippen molar-refractivity contribution in [2.75, 3.05) is 19.7 Å². The number of carbonyl (C=O) groups excluding carboxylic acids is 1. The molecule has 1 unspecified atom stereocenters. The van der Waals surface area contributed by atoms with Gasteiger partial charge in [-0.25, -0.2) is 13.8 Å². The first-order valence-corrected chi connectivity index (χ1v) is 10.5. The third kappa shape index (κ3) is 4.00. The van der Waals surface area contributed by atoms with Crippen molar-refractivity contribution in [2.24, 2.45) is 5.73 Å². The zero-order chi connectivity index (χ0) is 22.9. The van der Waals surface area contributed by atoms with E-state index in [4.69, 9.17) is 19.6 Å². The SMILES string of the molecule is CCOc1ncccc1COc1ccc2oc(C)c(C(N)=O)c2c1C1CCNCC1(F)F. The molecule has 1 atom stereocenters. The molecule has 3 heterocycles. The van der Waals surface area contributed by atoms with Gasteiger partial charge in [-0.2, -0.15) is 0 Å². The number of rotatable bonds is 7. The summed E-state index contributed by atoms with van der Waals surface area (Å²) in [6, 6.07) is 6.75. The molecule has 1 aliphatic heterocycles. The normalized spacial score (nSPS) is 17.9. The highest BCUT2D eigenvalue weighted by molar-refractivity contribution is 6.08. The summed E-state index contributed by atoms with van der Waals surface area (Å²) in [6.07, 6.45) is 1.77. The fourth-order valence-electron chi connectivity index (χ4n) is 4.23. The molecule has 3 N–H and O–H groups in total. The van der Waals surface area contributed by atoms with Gasteiger partial charge in [0.1, 0.15) is 23.7 Å². The van der Waals surface area contributed by atoms with Crippen LogP contribution in [0.5, 0.6) is 11.6 Å². The molecule has 170 valence electrons. The minimum absolute atomic E-state index is 0.0565. The summed E-state index contributed by atoms with van der Waals surface area (Å²) in [4.78, 5) is 16.4. The van der Waals surface area contributed by atoms with Crippen LogP contribution in [0, 0.1) is 6.92 Å². The number of halogens is 2. The van der Waals surface area contributed by atoms with Crippen molar-refractivity contribution in [1.29, 1.82) is 0 Å². The molecule has 7 nitrogen and oxygen atoms in total. The van der Waals surface area contributed by atoms with Crippen LogP contribution in [0.25, 0.3) is 11.0 Å². The van der Waals surface area contributed by atoms with E-state index >= 15 is 8.78 Å². The third-order valence-electron chi connectivity index (χ3n) is 5.62. The molecule has 3 aromatic rings. The van der Waals surface area contributed by atoms with E-state index in [1.807, 2.05) is 6.92 Å². The zero-order valence-electron chi connectivity index (χ0n) is 17.9. The van der Waals surface area contributed by atoms with Gasteiger partial charge in [-0.3, -0.25) is 4.79 Å². The predicted octanol–water partition coefficient (Wildman–Crippen LogP) is 3.93. The molecule has 0 saturated carbocycles. The lowest BCUT2D eigenvalue weighted by Crippen LogP contribution is -2.44. The number of aromatic nitrogens is 1. The summed E-state index contributed by atoms with van der Waals surface area (Å²) >= 11 is 0. The number of nitrogens with zero attached hydrogens (tertiary/aromatic N) is 1. The summed E-state index contributed by atoms with van der Waals surface area (Å²) in [7, 11) is 0. The number of nitrogens with two attached hydrogens (primary N) is 1. The third-order valence-corrected chi connectivity index (χ3v) is 5.62. The number of amides is 1. The van der Waals surface area contributed by atoms with E-state index in [2.05, 4.69) is 10.3 Å². The van der Waals surface area contributed by atoms with Crippen LogP contribution in [0.4, 0.5) is 8.78 Å². The molecular weight excluding hydrogens is 420 g/mol. The van der Waals surface area contributed by atoms with Crippen LogP contribution in [0.1, 0.15) is 46.5 Å². The fourth-order valence-corrected chi connectivity index (χ4v) is 4.23. The Hall–Kier alpha value is -3.20. The van der Waals surface area contributed by atoms with E-state index in [0.717, 1.165) is 0 Å². The molecule has 0 radical (unpaired) electrons. The maximum atomic E-state index is 15.0. The van der Waals surface area contributed by atoms with E-state index in [0.29, 0.717) is 30.2 Å². The van der Waals surface area contributed by atoms with Crippen LogP contribution in [0.15, 0.2) is 34.9 Å². The number of furan rings is 1. The van der Waals surface area contributed by atoms with Gasteiger partial charge in [-0.05, 0) is 51.1 Å². The van der Waals surface area contributed by atoms with Gasteiger partial charge < -0.3 is 24.9 Å². The maximum absolute atomic E-state index is 15.0. The summed E-state index contributed by atoms with van der Waals surface area (Å²) in [5.41, 5.74) is 6.94. The van der Waals surface area contributed by atoms with E-state index in [-0.39, 0.29) is 41.1 Å². The topological polar surface area (TPSA) is 99.6 Å². The molecule has 1 fully saturated rings. The Kier molecular flexibility index (Phi) is 6.01. The van der Waals surface area contributed by atoms with E-state index < -0.39 is 24.3 Å². The Morgan fingerprint density at radius 1 is 1.34 bits per heavy atom. The number of benzene rings is 1. The highest BCUT2D eigenvalue weighted by Crippen LogP contribution is 2.47. The van der Waals surface area contributed by atoms with E-state index in [1.165, 1.54) is 0 Å². The van der Waals surface area contributed by atoms with E-state index in [9.17, 15) is 4.79 Å². The van der Waals surface area contributed by atoms with Crippen molar-refractivity contribution in [1.82, 2.24) is 10.3 Å². The number of pyridine rings is 1. The quantitative estimate of drug-likeness (QED) is 0.572. The lowest BCUT2D eigenvalue weighted by atomic mass is 9.83. The average molecular weight is 445 g/mol. The lowest BCUT2D eigenvalue weighted by molar-refractivity contribution is -0.0423. The van der Waals surface area contributed by atoms with Crippen molar-refractivity contribution in [2.45, 2.75) is 38.7 Å². The molecule has 2 aromatic heterocycles. The second kappa shape index (κ2) is 8.74. The molecule has 1 saturated heterocycles. The molecule has 9 heteroatoms. The number of hydrogen-bond donors (Lipinski definition) is 2. The van der Waals surface area contributed by atoms with Gasteiger partial charge in [-0.1, -0.05) is 0 Å². The van der Waals surface area contributed by atoms with Gasteiger partial charge in [-0.15, -0.1) is 0 Å². The second-order valence-electron chi connectivity index (χ2n) is 7.72. The number of aryl methyl sites for hydroxylation is 1. The number of primary amides is 1. The summed E-state index contributed by atoms with van der Waals surface area (Å²) in [5.74, 6) is -4.00. The van der Waals surface area contributed by atoms with Crippen molar-refractivity contribution in [3.63, 3.8) is 0 Å². The number of ether oxygens (including phenoxy) is 2. The molecular formula is C23H25F2N3O4. The Morgan fingerprint density at radius 2 is 2.16 bits per heavy atom. The van der Waals surface area contributed by atoms with Gasteiger partial charge in [0.2, 0.25) is 5.88 Å². The monoisotopic (exact) mass is 445 g/mol. The van der Waals surface area contributed by atoms with Crippen LogP contribution in [0.3, 0.4) is 0 Å². The van der Waals surface area contributed by atoms with Crippen molar-refractivity contribution < 1.29 is 27.5 Å². The maximum Gasteiger partial charge on any atom is 0.267 e. The minimum atomic E-state index is -3.05. The Balaban J connectivity index is 1.84. The second-order valence-corrected chi connectivity index (χ2v) is 7.72. The van der Waals surface area contributed by atoms with Gasteiger partial charge >= 0.3 is 0 Å². The predicted molar refractivity (Wildman–Crippen MR) is 114 cm³/mol. The zero-order valence-corrected chi connectivity index (χ0v) is 17.9. The number of nitrogens with one attached hydrogen (secondary N) is 1. The van der Waals surface area contributed by atoms with Crippen LogP contribution < -0.4 is 20.5 Å². The summed E-state index contributed by atoms with van der Waals surface area (Å²) in [6.45, 7) is 3.87. The number of carbonyl (C=O) groups is 1. The largest absolute Gasteiger partial charge is 0.488 e. The molecule has 0 aliphatic carbocycles. The first-order chi connectivity index (χ1) is 15.3. The number of piperidine rings is 1. The number of fused-ring (bicyclic) bond motifs is 1. The lowest BCUT2D eigenvalue weighted by Gasteiger charge is -2.33. The highest BCUT2D eigenvalue weighted by atomic mass is 19.3. The molecule has 1 amide bonds. The molecule has 4 rings (SSSR count). The van der Waals surface area contributed by atoms with Crippen molar-refractivity contribution >= 4 is 16.9 Å². The fraction of sp³-hybridized carbons (Fsp3) is 0.391. The Morgan fingerprint density at radius 3 is 2.88 bits per heavy atom. The number of alkyl halides is 2. The van der Waals surface area contributed by atoms with Gasteiger partial charge in [0.15, 0.2) is 0 Å². The number of hydrogen-bond acceptors (Lipinski definition) is 6. The molecule has 32 heavy (non-hydrogen) atoms. The van der Waals surface area contributed by atoms with Gasteiger partial charge in [0.05, 0.1) is 30.2 Å². The highest BCUT2D eigenvalue weighted by Gasteiger charge is 2.45. The molecule has 0 bridgehead atoms. The average Bonchev–Trinajstić information content (AvgIpc) is 3.09. The first-order valence-electron chi connectivity index (χ1n) is 10.5. The van der Waals surface area contributed by atoms with Crippen LogP contribution in [-0.2, 0) is 6.61 Å². The first kappa shape index (κ1) is 22.0. The van der Waals surface area contributed by atoms with Gasteiger partial charge in [0, 0.05) is 17.1 Å². The standard InChI is InChI=1S/C23H25F2N3O4/c1-3-30-22-14(5-4-9-28-22)11-31-16-6-7-17-20(18(21(26)29)13(2)32-17)19(16)15-8-10-27-12-23(15,24)25/h4-7,9,15,27H,3,8,10-12H2,1-2H3,(H2,26,29). The van der Waals surface area contributed by atoms with Crippen LogP contribution >= 0.6 is 0 Å². The van der Waals surface area contributed by atoms with Crippen LogP contribution in [-0.4, -0.2) is 36.5 Å². The summed E-state index contributed by atoms with van der Waals surface area (Å²) < 4.78 is 47.3. The Labute approximate surface area is 183 Å². The smallest absolute Gasteiger partial charge is 0.267 e.